The molecule has 1 heterocycles. The summed E-state index contributed by atoms with van der Waals surface area (Å²) < 4.78 is 0. The highest BCUT2D eigenvalue weighted by atomic mass is 16.4. The van der Waals surface area contributed by atoms with Crippen LogP contribution in [0.4, 0.5) is 0 Å². The van der Waals surface area contributed by atoms with Gasteiger partial charge in [0.05, 0.1) is 12.5 Å². The zero-order valence-electron chi connectivity index (χ0n) is 60.4. The van der Waals surface area contributed by atoms with Crippen molar-refractivity contribution in [2.75, 3.05) is 48.8 Å². The number of hydrogen-bond donors (Lipinski definition) is 6. The maximum absolute atomic E-state index is 15.3. The second-order valence-electron chi connectivity index (χ2n) is 27.6. The quantitative estimate of drug-likeness (QED) is 0.114. The largest absolute Gasteiger partial charge is 0.481 e. The molecule has 11 amide bonds. The summed E-state index contributed by atoms with van der Waals surface area (Å²) in [5.74, 6) is -11.4. The Kier molecular flexibility index (Phi) is 33.1. The minimum Gasteiger partial charge on any atom is -0.481 e. The average molecular weight is 1320 g/mol. The number of benzene rings is 1. The van der Waals surface area contributed by atoms with Gasteiger partial charge in [0.2, 0.25) is 65.0 Å². The number of carboxylic acids is 1. The Balaban J connectivity index is 3.10. The number of carbonyl (C=O) groups excluding carboxylic acids is 11. The number of nitrogens with zero attached hydrogens (tertiary/aromatic N) is 7. The monoisotopic (exact) mass is 1320 g/mol. The molecule has 13 atom stereocenters. The fourth-order valence-electron chi connectivity index (χ4n) is 11.9. The van der Waals surface area contributed by atoms with E-state index in [1.807, 2.05) is 41.5 Å². The Morgan fingerprint density at radius 2 is 0.957 bits per heavy atom. The second-order valence-corrected chi connectivity index (χ2v) is 27.6. The summed E-state index contributed by atoms with van der Waals surface area (Å²) in [7, 11) is 8.41. The summed E-state index contributed by atoms with van der Waals surface area (Å²) in [6.45, 7) is 28.9. The first-order valence-corrected chi connectivity index (χ1v) is 33.3. The minimum absolute atomic E-state index is 0.0338. The van der Waals surface area contributed by atoms with Crippen molar-refractivity contribution in [3.05, 3.63) is 47.5 Å². The maximum atomic E-state index is 15.3. The number of aliphatic carboxylic acids is 1. The third kappa shape index (κ3) is 22.3. The van der Waals surface area contributed by atoms with Gasteiger partial charge in [-0.05, 0) is 113 Å². The first-order valence-electron chi connectivity index (χ1n) is 33.3. The van der Waals surface area contributed by atoms with Crippen LogP contribution in [0.25, 0.3) is 0 Å². The molecule has 1 aromatic carbocycles. The number of aliphatic hydroxyl groups is 1. The van der Waals surface area contributed by atoms with Crippen molar-refractivity contribution in [3.8, 4) is 0 Å². The summed E-state index contributed by atoms with van der Waals surface area (Å²) in [5, 5.41) is 32.7. The van der Waals surface area contributed by atoms with Gasteiger partial charge in [-0.25, -0.2) is 0 Å². The zero-order valence-corrected chi connectivity index (χ0v) is 60.4. The van der Waals surface area contributed by atoms with Crippen molar-refractivity contribution in [2.45, 2.75) is 235 Å². The topological polar surface area (TPSA) is 316 Å². The molecule has 25 heteroatoms. The predicted molar refractivity (Wildman–Crippen MR) is 360 cm³/mol. The van der Waals surface area contributed by atoms with Crippen LogP contribution in [0.5, 0.6) is 0 Å². The van der Waals surface area contributed by atoms with Crippen LogP contribution >= 0.6 is 0 Å². The first kappa shape index (κ1) is 82.7. The van der Waals surface area contributed by atoms with Gasteiger partial charge in [0.25, 0.3) is 0 Å². The number of carbonyl (C=O) groups is 12. The molecule has 1 aromatic rings. The maximum Gasteiger partial charge on any atom is 0.307 e. The minimum atomic E-state index is -1.66. The lowest BCUT2D eigenvalue weighted by Crippen LogP contribution is -2.64. The molecule has 3 unspecified atom stereocenters. The molecule has 0 bridgehead atoms. The van der Waals surface area contributed by atoms with E-state index in [1.165, 1.54) is 87.6 Å². The molecule has 0 aromatic heterocycles. The number of rotatable bonds is 18. The molecule has 1 aliphatic heterocycles. The highest BCUT2D eigenvalue weighted by Crippen LogP contribution is 2.26. The molecule has 0 saturated carbocycles. The van der Waals surface area contributed by atoms with Crippen molar-refractivity contribution in [2.24, 2.45) is 35.5 Å². The molecule has 1 fully saturated rings. The smallest absolute Gasteiger partial charge is 0.307 e. The normalized spacial score (nSPS) is 26.1. The molecule has 2 rings (SSSR count). The SMILES string of the molecule is C/C=C/C[C@@H](C)[C@@H](O)[C@H]1C(=O)NC(CC)C(=O)N(C)C(C)C(=O)N(CC)C(Cc2ccc(CC(=O)O)cc2)C(=O)N[C@@H](C(C)C)C(=O)N(C)[C@@H](CC(C)C)C(=O)N[C@@H](C)C(=O)N[C@H](C)C(=O)N(C)[C@@H](CC(C)C)C(=O)N(C)[C@@H](CC(C)C)C(=O)N(C)[C@@H](C(C)C)C(=O)N1C. The summed E-state index contributed by atoms with van der Waals surface area (Å²) in [6.07, 6.45) is 2.20. The van der Waals surface area contributed by atoms with Crippen molar-refractivity contribution in [3.63, 3.8) is 0 Å². The molecule has 25 nitrogen and oxygen atoms in total. The number of aliphatic hydroxyl groups excluding tert-OH is 1. The van der Waals surface area contributed by atoms with Gasteiger partial charge in [0.1, 0.15) is 66.5 Å². The Morgan fingerprint density at radius 3 is 1.43 bits per heavy atom. The average Bonchev–Trinajstić information content (AvgIpc) is 0.813. The number of allylic oxidation sites excluding steroid dienone is 2. The highest BCUT2D eigenvalue weighted by molar-refractivity contribution is 6.00. The van der Waals surface area contributed by atoms with Gasteiger partial charge < -0.3 is 65.8 Å². The molecule has 0 spiro atoms. The van der Waals surface area contributed by atoms with E-state index >= 15 is 28.8 Å². The summed E-state index contributed by atoms with van der Waals surface area (Å²) in [6, 6.07) is -7.95. The lowest BCUT2D eigenvalue weighted by Gasteiger charge is -2.41. The Hall–Kier alpha value is -7.44. The molecular weight excluding hydrogens is 1210 g/mol. The molecule has 0 aliphatic carbocycles. The van der Waals surface area contributed by atoms with Crippen LogP contribution < -0.4 is 21.3 Å². The van der Waals surface area contributed by atoms with E-state index in [9.17, 15) is 39.0 Å². The summed E-state index contributed by atoms with van der Waals surface area (Å²) in [5.41, 5.74) is 0.983. The zero-order chi connectivity index (χ0) is 72.2. The van der Waals surface area contributed by atoms with E-state index in [4.69, 9.17) is 0 Å². The predicted octanol–water partition coefficient (Wildman–Crippen LogP) is 3.87. The van der Waals surface area contributed by atoms with E-state index in [1.54, 1.807) is 91.8 Å². The number of amides is 11. The fourth-order valence-corrected chi connectivity index (χ4v) is 11.9. The van der Waals surface area contributed by atoms with Gasteiger partial charge in [0.15, 0.2) is 0 Å². The van der Waals surface area contributed by atoms with Crippen molar-refractivity contribution in [1.29, 1.82) is 0 Å². The van der Waals surface area contributed by atoms with Crippen LogP contribution in [0.2, 0.25) is 0 Å². The summed E-state index contributed by atoms with van der Waals surface area (Å²) in [4.78, 5) is 183. The Morgan fingerprint density at radius 1 is 0.500 bits per heavy atom. The van der Waals surface area contributed by atoms with Crippen molar-refractivity contribution in [1.82, 2.24) is 55.6 Å². The van der Waals surface area contributed by atoms with Gasteiger partial charge in [-0.3, -0.25) is 57.5 Å². The fraction of sp³-hybridized carbons (Fsp3) is 0.710. The molecular formula is C69H115N11O14. The number of carboxylic acid groups (broad SMARTS) is 1. The molecule has 530 valence electrons. The molecule has 1 aliphatic rings. The summed E-state index contributed by atoms with van der Waals surface area (Å²) >= 11 is 0. The highest BCUT2D eigenvalue weighted by Gasteiger charge is 2.46. The van der Waals surface area contributed by atoms with Crippen LogP contribution in [-0.4, -0.2) is 237 Å². The third-order valence-electron chi connectivity index (χ3n) is 17.9. The van der Waals surface area contributed by atoms with Gasteiger partial charge in [-0.2, -0.15) is 0 Å². The number of likely N-dealkylation sites (N-methyl/N-ethyl adjacent to an activating group) is 7. The van der Waals surface area contributed by atoms with Gasteiger partial charge in [0, 0.05) is 55.3 Å². The molecule has 1 saturated heterocycles. The number of nitrogens with one attached hydrogen (secondary N) is 4. The number of hydrogen-bond acceptors (Lipinski definition) is 13. The third-order valence-corrected chi connectivity index (χ3v) is 17.9. The Labute approximate surface area is 559 Å². The van der Waals surface area contributed by atoms with Crippen molar-refractivity contribution < 1.29 is 67.7 Å². The molecule has 6 N–H and O–H groups in total. The Bertz CT molecular complexity index is 2810. The molecule has 0 radical (unpaired) electrons. The van der Waals surface area contributed by atoms with E-state index < -0.39 is 161 Å². The van der Waals surface area contributed by atoms with Crippen molar-refractivity contribution >= 4 is 70.9 Å². The van der Waals surface area contributed by atoms with Gasteiger partial charge in [-0.15, -0.1) is 0 Å². The van der Waals surface area contributed by atoms with Crippen LogP contribution in [0, 0.1) is 35.5 Å². The molecule has 94 heavy (non-hydrogen) atoms. The van der Waals surface area contributed by atoms with Gasteiger partial charge >= 0.3 is 5.97 Å². The second kappa shape index (κ2) is 37.6. The lowest BCUT2D eigenvalue weighted by molar-refractivity contribution is -0.157. The van der Waals surface area contributed by atoms with Crippen LogP contribution in [0.3, 0.4) is 0 Å². The van der Waals surface area contributed by atoms with E-state index in [0.29, 0.717) is 11.1 Å². The lowest BCUT2D eigenvalue weighted by atomic mass is 9.91. The first-order chi connectivity index (χ1) is 43.6. The van der Waals surface area contributed by atoms with Crippen LogP contribution in [-0.2, 0) is 70.4 Å². The van der Waals surface area contributed by atoms with Crippen LogP contribution in [0.1, 0.15) is 161 Å². The van der Waals surface area contributed by atoms with E-state index in [0.717, 1.165) is 9.80 Å². The standard InChI is InChI=1S/C69H115N11O14/c1-24-27-28-43(14)58(83)57-62(87)72-49(25-2)65(90)74(18)46(17)64(89)80(26-3)51(36-47-29-31-48(32-30-47)37-54(81)82)61(86)73-55(41(10)11)68(93)75(19)50(33-38(4)5)60(85)70-44(15)59(84)71-45(16)63(88)76(20)52(34-39(6)7)66(91)77(21)53(35-40(8)9)67(92)78(22)56(42(12)13)69(94)79(57)23/h24,27,29-32,38-46,49-53,55-58,83H,25-26,28,33-37H2,1-23H3,(H,70,85)(H,71,84)(H,72,87)(H,73,86)(H,81,82)/b27-24+/t43-,44+,45-,46?,49?,50+,51?,52+,53+,55+,56+,57+,58-/m1/s1. The van der Waals surface area contributed by atoms with E-state index in [-0.39, 0.29) is 69.2 Å². The van der Waals surface area contributed by atoms with E-state index in [2.05, 4.69) is 21.3 Å². The van der Waals surface area contributed by atoms with Crippen LogP contribution in [0.15, 0.2) is 36.4 Å². The van der Waals surface area contributed by atoms with Gasteiger partial charge in [-0.1, -0.05) is 120 Å².